The number of fused-ring (bicyclic) bond motifs is 2. The van der Waals surface area contributed by atoms with Crippen molar-refractivity contribution in [1.82, 2.24) is 39.7 Å². The lowest BCUT2D eigenvalue weighted by molar-refractivity contribution is 0.343. The molecule has 0 aromatic carbocycles. The van der Waals surface area contributed by atoms with E-state index in [1.807, 2.05) is 16.9 Å². The van der Waals surface area contributed by atoms with Crippen LogP contribution in [-0.4, -0.2) is 47.4 Å². The summed E-state index contributed by atoms with van der Waals surface area (Å²) in [5.41, 5.74) is 9.46. The molecular formula is C25H28N8. The Morgan fingerprint density at radius 2 is 1.91 bits per heavy atom. The topological polar surface area (TPSA) is 88.7 Å². The smallest absolute Gasteiger partial charge is 0.158 e. The number of hydrogen-bond acceptors (Lipinski definition) is 5. The van der Waals surface area contributed by atoms with Crippen LogP contribution >= 0.6 is 0 Å². The predicted octanol–water partition coefficient (Wildman–Crippen LogP) is 4.49. The summed E-state index contributed by atoms with van der Waals surface area (Å²) in [4.78, 5) is 13.1. The standard InChI is InChI=1S/C25H28N8/c1-15(2)22-23(17-10-16(3)25-27-14-29-33(25)12-17)31-21-5-4-20(30-24(21)22)18-11-28-32(13-18)19-6-8-26-9-7-19/h4-5,10-15,19,26,31H,6-9H2,1-3H3. The van der Waals surface area contributed by atoms with Gasteiger partial charge in [-0.2, -0.15) is 10.2 Å². The Bertz CT molecular complexity index is 1450. The van der Waals surface area contributed by atoms with Crippen LogP contribution in [0.4, 0.5) is 0 Å². The zero-order valence-electron chi connectivity index (χ0n) is 19.2. The monoisotopic (exact) mass is 440 g/mol. The maximum absolute atomic E-state index is 5.11. The first-order chi connectivity index (χ1) is 16.1. The van der Waals surface area contributed by atoms with Gasteiger partial charge in [0.15, 0.2) is 5.65 Å². The molecule has 5 aromatic heterocycles. The molecule has 33 heavy (non-hydrogen) atoms. The van der Waals surface area contributed by atoms with Crippen molar-refractivity contribution in [3.63, 3.8) is 0 Å². The summed E-state index contributed by atoms with van der Waals surface area (Å²) in [6.45, 7) is 8.61. The molecule has 6 rings (SSSR count). The number of nitrogens with zero attached hydrogens (tertiary/aromatic N) is 6. The normalized spacial score (nSPS) is 15.3. The lowest BCUT2D eigenvalue weighted by Crippen LogP contribution is -2.29. The van der Waals surface area contributed by atoms with Crippen molar-refractivity contribution in [1.29, 1.82) is 0 Å². The summed E-state index contributed by atoms with van der Waals surface area (Å²) >= 11 is 0. The molecule has 168 valence electrons. The molecule has 0 unspecified atom stereocenters. The Labute approximate surface area is 192 Å². The molecule has 1 saturated heterocycles. The van der Waals surface area contributed by atoms with Gasteiger partial charge < -0.3 is 10.3 Å². The third kappa shape index (κ3) is 3.41. The average molecular weight is 441 g/mol. The number of H-pyrrole nitrogens is 1. The summed E-state index contributed by atoms with van der Waals surface area (Å²) in [6.07, 6.45) is 9.95. The van der Waals surface area contributed by atoms with Crippen molar-refractivity contribution in [2.24, 2.45) is 0 Å². The lowest BCUT2D eigenvalue weighted by atomic mass is 9.98. The third-order valence-electron chi connectivity index (χ3n) is 6.68. The molecule has 0 aliphatic carbocycles. The fourth-order valence-electron chi connectivity index (χ4n) is 5.01. The van der Waals surface area contributed by atoms with Crippen molar-refractivity contribution < 1.29 is 0 Å². The van der Waals surface area contributed by atoms with Crippen molar-refractivity contribution in [2.45, 2.75) is 45.6 Å². The number of aromatic nitrogens is 7. The molecular weight excluding hydrogens is 412 g/mol. The Kier molecular flexibility index (Phi) is 4.76. The first-order valence-corrected chi connectivity index (χ1v) is 11.7. The Balaban J connectivity index is 1.45. The molecule has 0 spiro atoms. The van der Waals surface area contributed by atoms with Gasteiger partial charge in [0.05, 0.1) is 34.7 Å². The molecule has 0 radical (unpaired) electrons. The molecule has 2 N–H and O–H groups in total. The van der Waals surface area contributed by atoms with E-state index < -0.39 is 0 Å². The second kappa shape index (κ2) is 7.81. The van der Waals surface area contributed by atoms with Crippen LogP contribution in [-0.2, 0) is 0 Å². The van der Waals surface area contributed by atoms with Crippen LogP contribution in [0.3, 0.4) is 0 Å². The molecule has 1 fully saturated rings. The Hall–Kier alpha value is -3.52. The van der Waals surface area contributed by atoms with Crippen LogP contribution in [0.25, 0.3) is 39.2 Å². The van der Waals surface area contributed by atoms with Gasteiger partial charge in [-0.25, -0.2) is 14.5 Å². The number of piperidine rings is 1. The van der Waals surface area contributed by atoms with Crippen LogP contribution < -0.4 is 5.32 Å². The van der Waals surface area contributed by atoms with E-state index >= 15 is 0 Å². The number of aromatic amines is 1. The fourth-order valence-corrected chi connectivity index (χ4v) is 5.01. The van der Waals surface area contributed by atoms with Crippen LogP contribution in [0.2, 0.25) is 0 Å². The molecule has 8 heteroatoms. The van der Waals surface area contributed by atoms with E-state index in [0.717, 1.165) is 70.7 Å². The van der Waals surface area contributed by atoms with E-state index in [4.69, 9.17) is 4.98 Å². The van der Waals surface area contributed by atoms with Crippen molar-refractivity contribution in [3.05, 3.63) is 54.2 Å². The molecule has 0 bridgehead atoms. The molecule has 0 saturated carbocycles. The second-order valence-electron chi connectivity index (χ2n) is 9.29. The number of aryl methyl sites for hydroxylation is 1. The van der Waals surface area contributed by atoms with E-state index in [1.54, 1.807) is 6.33 Å². The molecule has 5 aromatic rings. The zero-order valence-corrected chi connectivity index (χ0v) is 19.2. The maximum atomic E-state index is 5.11. The predicted molar refractivity (Wildman–Crippen MR) is 129 cm³/mol. The summed E-state index contributed by atoms with van der Waals surface area (Å²) in [5.74, 6) is 0.306. The molecule has 1 aliphatic heterocycles. The van der Waals surface area contributed by atoms with Crippen LogP contribution in [0.5, 0.6) is 0 Å². The fraction of sp³-hybridized carbons (Fsp3) is 0.360. The minimum absolute atomic E-state index is 0.306. The summed E-state index contributed by atoms with van der Waals surface area (Å²) in [7, 11) is 0. The number of pyridine rings is 2. The van der Waals surface area contributed by atoms with Gasteiger partial charge >= 0.3 is 0 Å². The molecule has 6 heterocycles. The number of nitrogens with one attached hydrogen (secondary N) is 2. The lowest BCUT2D eigenvalue weighted by Gasteiger charge is -2.22. The van der Waals surface area contributed by atoms with Crippen LogP contribution in [0.15, 0.2) is 43.1 Å². The maximum Gasteiger partial charge on any atom is 0.158 e. The molecule has 8 nitrogen and oxygen atoms in total. The van der Waals surface area contributed by atoms with Crippen molar-refractivity contribution >= 4 is 16.7 Å². The average Bonchev–Trinajstić information content (AvgIpc) is 3.56. The van der Waals surface area contributed by atoms with Gasteiger partial charge in [-0.3, -0.25) is 4.68 Å². The highest BCUT2D eigenvalue weighted by atomic mass is 15.3. The van der Waals surface area contributed by atoms with E-state index in [9.17, 15) is 0 Å². The van der Waals surface area contributed by atoms with Gasteiger partial charge in [0, 0.05) is 29.1 Å². The SMILES string of the molecule is Cc1cc(-c2[nH]c3ccc(-c4cnn(C5CCNCC5)c4)nc3c2C(C)C)cn2ncnc12. The zero-order chi connectivity index (χ0) is 22.5. The minimum atomic E-state index is 0.306. The van der Waals surface area contributed by atoms with Crippen molar-refractivity contribution in [2.75, 3.05) is 13.1 Å². The summed E-state index contributed by atoms with van der Waals surface area (Å²) in [5, 5.41) is 12.4. The summed E-state index contributed by atoms with van der Waals surface area (Å²) < 4.78 is 3.96. The largest absolute Gasteiger partial charge is 0.353 e. The molecule has 0 amide bonds. The van der Waals surface area contributed by atoms with Crippen LogP contribution in [0.1, 0.15) is 49.8 Å². The van der Waals surface area contributed by atoms with Crippen molar-refractivity contribution in [3.8, 4) is 22.5 Å². The Morgan fingerprint density at radius 3 is 2.73 bits per heavy atom. The first-order valence-electron chi connectivity index (χ1n) is 11.7. The Morgan fingerprint density at radius 1 is 1.06 bits per heavy atom. The highest BCUT2D eigenvalue weighted by Crippen LogP contribution is 2.36. The van der Waals surface area contributed by atoms with E-state index in [1.165, 1.54) is 5.56 Å². The number of hydrogen-bond donors (Lipinski definition) is 2. The first kappa shape index (κ1) is 20.1. The second-order valence-corrected chi connectivity index (χ2v) is 9.29. The van der Waals surface area contributed by atoms with E-state index in [2.05, 4.69) is 75.3 Å². The van der Waals surface area contributed by atoms with Gasteiger partial charge in [-0.15, -0.1) is 0 Å². The van der Waals surface area contributed by atoms with Gasteiger partial charge in [0.25, 0.3) is 0 Å². The van der Waals surface area contributed by atoms with Gasteiger partial charge in [0.2, 0.25) is 0 Å². The minimum Gasteiger partial charge on any atom is -0.353 e. The van der Waals surface area contributed by atoms with Crippen LogP contribution in [0, 0.1) is 6.92 Å². The summed E-state index contributed by atoms with van der Waals surface area (Å²) in [6, 6.07) is 6.85. The molecule has 0 atom stereocenters. The van der Waals surface area contributed by atoms with E-state index in [-0.39, 0.29) is 0 Å². The highest BCUT2D eigenvalue weighted by molar-refractivity contribution is 5.90. The highest BCUT2D eigenvalue weighted by Gasteiger charge is 2.20. The quantitative estimate of drug-likeness (QED) is 0.430. The van der Waals surface area contributed by atoms with Gasteiger partial charge in [-0.1, -0.05) is 13.8 Å². The van der Waals surface area contributed by atoms with Gasteiger partial charge in [0.1, 0.15) is 6.33 Å². The van der Waals surface area contributed by atoms with E-state index in [0.29, 0.717) is 12.0 Å². The van der Waals surface area contributed by atoms with Gasteiger partial charge in [-0.05, 0) is 62.5 Å². The molecule has 1 aliphatic rings. The number of rotatable bonds is 4. The third-order valence-corrected chi connectivity index (χ3v) is 6.68.